The Bertz CT molecular complexity index is 702. The second-order valence-corrected chi connectivity index (χ2v) is 3.91. The van der Waals surface area contributed by atoms with E-state index >= 15 is 0 Å². The van der Waals surface area contributed by atoms with Crippen LogP contribution >= 0.6 is 23.2 Å². The number of hydrogen-bond donors (Lipinski definition) is 1. The number of anilines is 2. The summed E-state index contributed by atoms with van der Waals surface area (Å²) < 4.78 is 43.6. The normalized spacial score (nSPS) is 14.2. The molecule has 0 aromatic heterocycles. The lowest BCUT2D eigenvalue weighted by molar-refractivity contribution is 0.415. The number of ether oxygens (including phenoxy) is 1. The first-order valence-electron chi connectivity index (χ1n) is 7.15. The number of halogens is 2. The quantitative estimate of drug-likeness (QED) is 0.871. The first-order valence-corrected chi connectivity index (χ1v) is 5.40. The number of rotatable bonds is 3. The molecule has 0 bridgehead atoms. The second-order valence-electron chi connectivity index (χ2n) is 3.09. The fourth-order valence-electron chi connectivity index (χ4n) is 1.22. The van der Waals surface area contributed by atoms with Crippen LogP contribution < -0.4 is 10.1 Å². The number of hydrogen-bond acceptors (Lipinski definition) is 2. The van der Waals surface area contributed by atoms with Crippen LogP contribution in [0, 0.1) is 0 Å². The van der Waals surface area contributed by atoms with Gasteiger partial charge in [0.2, 0.25) is 0 Å². The van der Waals surface area contributed by atoms with Crippen molar-refractivity contribution in [3.8, 4) is 5.75 Å². The first-order chi connectivity index (χ1) is 10.3. The van der Waals surface area contributed by atoms with E-state index in [1.54, 1.807) is 0 Å². The van der Waals surface area contributed by atoms with Crippen LogP contribution in [0.5, 0.6) is 5.75 Å². The molecule has 1 N–H and O–H groups in total. The maximum absolute atomic E-state index is 7.86. The molecule has 0 heterocycles. The van der Waals surface area contributed by atoms with Crippen LogP contribution in [0.25, 0.3) is 0 Å². The van der Waals surface area contributed by atoms with Gasteiger partial charge in [-0.25, -0.2) is 0 Å². The third-order valence-corrected chi connectivity index (χ3v) is 2.60. The lowest BCUT2D eigenvalue weighted by Crippen LogP contribution is -1.93. The molecule has 0 radical (unpaired) electrons. The predicted octanol–water partition coefficient (Wildman–Crippen LogP) is 4.75. The Hall–Kier alpha value is -1.38. The van der Waals surface area contributed by atoms with Gasteiger partial charge in [0.05, 0.1) is 29.7 Å². The largest absolute Gasteiger partial charge is 0.497 e. The molecule has 2 rings (SSSR count). The predicted molar refractivity (Wildman–Crippen MR) is 72.7 cm³/mol. The maximum atomic E-state index is 7.86. The van der Waals surface area contributed by atoms with E-state index in [1.807, 2.05) is 0 Å². The first kappa shape index (κ1) is 7.14. The Labute approximate surface area is 117 Å². The van der Waals surface area contributed by atoms with Crippen molar-refractivity contribution in [3.05, 3.63) is 52.4 Å². The smallest absolute Gasteiger partial charge is 0.121 e. The van der Waals surface area contributed by atoms with E-state index in [-0.39, 0.29) is 33.5 Å². The molecule has 0 aliphatic carbocycles. The van der Waals surface area contributed by atoms with E-state index < -0.39 is 18.1 Å². The highest BCUT2D eigenvalue weighted by molar-refractivity contribution is 6.39. The topological polar surface area (TPSA) is 21.3 Å². The third-order valence-electron chi connectivity index (χ3n) is 2.00. The van der Waals surface area contributed by atoms with Crippen molar-refractivity contribution < 1.29 is 11.6 Å². The Balaban J connectivity index is 2.58. The van der Waals surface area contributed by atoms with Crippen molar-refractivity contribution >= 4 is 34.6 Å². The van der Waals surface area contributed by atoms with Crippen LogP contribution in [0.1, 0.15) is 6.85 Å². The molecule has 0 saturated heterocycles. The lowest BCUT2D eigenvalue weighted by Gasteiger charge is -2.11. The summed E-state index contributed by atoms with van der Waals surface area (Å²) >= 11 is 12.2. The summed E-state index contributed by atoms with van der Waals surface area (Å²) in [6.07, 6.45) is 0. The van der Waals surface area contributed by atoms with E-state index in [2.05, 4.69) is 5.32 Å². The van der Waals surface area contributed by atoms with E-state index in [1.165, 1.54) is 19.2 Å². The lowest BCUT2D eigenvalue weighted by atomic mass is 10.2. The number of benzene rings is 2. The standard InChI is InChI=1S/C13H11Cl2NO/c1-17-10-7-11(14)13(12(15)8-10)16-9-5-3-2-4-6-9/h2-8,16H,1H3/i2D,3D,4D,5D,6D. The number of nitrogens with one attached hydrogen (secondary N) is 1. The Morgan fingerprint density at radius 3 is 2.24 bits per heavy atom. The molecule has 0 fully saturated rings. The summed E-state index contributed by atoms with van der Waals surface area (Å²) in [5.41, 5.74) is 0.141. The molecular weight excluding hydrogens is 257 g/mol. The van der Waals surface area contributed by atoms with Gasteiger partial charge in [-0.05, 0) is 12.1 Å². The minimum atomic E-state index is -0.465. The zero-order chi connectivity index (χ0) is 16.6. The molecule has 0 amide bonds. The van der Waals surface area contributed by atoms with Gasteiger partial charge < -0.3 is 10.1 Å². The van der Waals surface area contributed by atoms with Crippen molar-refractivity contribution in [1.29, 1.82) is 0 Å². The number of para-hydroxylation sites is 1. The van der Waals surface area contributed by atoms with Gasteiger partial charge in [0.25, 0.3) is 0 Å². The molecule has 17 heavy (non-hydrogen) atoms. The SMILES string of the molecule is [2H]c1c([2H])c([2H])c(Nc2c(Cl)cc(OC)cc2Cl)c([2H])c1[2H]. The van der Waals surface area contributed by atoms with E-state index in [0.29, 0.717) is 5.75 Å². The molecule has 0 saturated carbocycles. The highest BCUT2D eigenvalue weighted by Gasteiger charge is 2.08. The monoisotopic (exact) mass is 272 g/mol. The average molecular weight is 273 g/mol. The van der Waals surface area contributed by atoms with Crippen LogP contribution in [-0.4, -0.2) is 7.11 Å². The van der Waals surface area contributed by atoms with Crippen LogP contribution in [0.3, 0.4) is 0 Å². The molecule has 2 aromatic carbocycles. The van der Waals surface area contributed by atoms with Gasteiger partial charge in [0, 0.05) is 17.8 Å². The highest BCUT2D eigenvalue weighted by Crippen LogP contribution is 2.36. The van der Waals surface area contributed by atoms with Crippen molar-refractivity contribution in [2.24, 2.45) is 0 Å². The Kier molecular flexibility index (Phi) is 2.23. The molecule has 2 nitrogen and oxygen atoms in total. The van der Waals surface area contributed by atoms with Gasteiger partial charge >= 0.3 is 0 Å². The van der Waals surface area contributed by atoms with Crippen molar-refractivity contribution in [2.75, 3.05) is 12.4 Å². The second kappa shape index (κ2) is 5.30. The molecule has 4 heteroatoms. The van der Waals surface area contributed by atoms with Gasteiger partial charge in [0.15, 0.2) is 0 Å². The Morgan fingerprint density at radius 2 is 1.71 bits per heavy atom. The van der Waals surface area contributed by atoms with Crippen LogP contribution in [0.4, 0.5) is 11.4 Å². The minimum absolute atomic E-state index is 0.0973. The van der Waals surface area contributed by atoms with Gasteiger partial charge in [-0.15, -0.1) is 0 Å². The summed E-state index contributed by atoms with van der Waals surface area (Å²) in [6.45, 7) is 0. The van der Waals surface area contributed by atoms with Gasteiger partial charge in [0.1, 0.15) is 5.75 Å². The molecule has 88 valence electrons. The fourth-order valence-corrected chi connectivity index (χ4v) is 1.79. The molecule has 0 unspecified atom stereocenters. The molecule has 2 aromatic rings. The zero-order valence-corrected chi connectivity index (χ0v) is 10.3. The summed E-state index contributed by atoms with van der Waals surface area (Å²) in [7, 11) is 1.46. The van der Waals surface area contributed by atoms with E-state index in [4.69, 9.17) is 34.8 Å². The van der Waals surface area contributed by atoms with Crippen molar-refractivity contribution in [1.82, 2.24) is 0 Å². The average Bonchev–Trinajstić information content (AvgIpc) is 2.49. The van der Waals surface area contributed by atoms with Gasteiger partial charge in [-0.2, -0.15) is 0 Å². The molecule has 0 aliphatic heterocycles. The molecular formula is C13H11Cl2NO. The zero-order valence-electron chi connectivity index (χ0n) is 13.8. The summed E-state index contributed by atoms with van der Waals surface area (Å²) in [5, 5.41) is 3.13. The van der Waals surface area contributed by atoms with Crippen molar-refractivity contribution in [2.45, 2.75) is 0 Å². The third kappa shape index (κ3) is 2.84. The van der Waals surface area contributed by atoms with Gasteiger partial charge in [-0.1, -0.05) is 41.3 Å². The molecule has 0 atom stereocenters. The van der Waals surface area contributed by atoms with E-state index in [9.17, 15) is 0 Å². The fraction of sp³-hybridized carbons (Fsp3) is 0.0769. The number of methoxy groups -OCH3 is 1. The maximum Gasteiger partial charge on any atom is 0.121 e. The van der Waals surface area contributed by atoms with Crippen molar-refractivity contribution in [3.63, 3.8) is 0 Å². The molecule has 0 aliphatic rings. The minimum Gasteiger partial charge on any atom is -0.497 e. The van der Waals surface area contributed by atoms with Crippen LogP contribution in [-0.2, 0) is 0 Å². The van der Waals surface area contributed by atoms with Crippen LogP contribution in [0.15, 0.2) is 42.3 Å². The van der Waals surface area contributed by atoms with Gasteiger partial charge in [-0.3, -0.25) is 0 Å². The summed E-state index contributed by atoms with van der Waals surface area (Å²) in [4.78, 5) is 0. The van der Waals surface area contributed by atoms with E-state index in [0.717, 1.165) is 0 Å². The summed E-state index contributed by atoms with van der Waals surface area (Å²) in [5.74, 6) is 0.446. The summed E-state index contributed by atoms with van der Waals surface area (Å²) in [6, 6.07) is 0.930. The highest BCUT2D eigenvalue weighted by atomic mass is 35.5. The Morgan fingerprint density at radius 1 is 1.12 bits per heavy atom. The van der Waals surface area contributed by atoms with Crippen LogP contribution in [0.2, 0.25) is 10.0 Å². The molecule has 0 spiro atoms.